The maximum absolute atomic E-state index is 11.3. The van der Waals surface area contributed by atoms with Crippen molar-refractivity contribution in [1.82, 2.24) is 0 Å². The monoisotopic (exact) mass is 399 g/mol. The van der Waals surface area contributed by atoms with Crippen LogP contribution in [0.3, 0.4) is 0 Å². The Morgan fingerprint density at radius 1 is 0.769 bits per heavy atom. The number of rotatable bonds is 19. The zero-order chi connectivity index (χ0) is 18.6. The zero-order valence-corrected chi connectivity index (χ0v) is 17.2. The Bertz CT molecular complexity index is 400. The molecule has 2 N–H and O–H groups in total. The standard InChI is InChI=1S/C20H41NO3S.Na.H/c1-2-3-4-5-6-7-8-9-10-11-12-13-14-15-16-17-19-24-25(22,23)20-18-21;;/h9-10H,2-8,11-21H2,1H3;;/b10-9-;;. The van der Waals surface area contributed by atoms with Crippen LogP contribution in [-0.4, -0.2) is 56.9 Å². The van der Waals surface area contributed by atoms with E-state index < -0.39 is 10.1 Å². The summed E-state index contributed by atoms with van der Waals surface area (Å²) in [5.74, 6) is -0.0840. The molecule has 0 aliphatic heterocycles. The first-order chi connectivity index (χ1) is 12.1. The second-order valence-corrected chi connectivity index (χ2v) is 8.57. The Labute approximate surface area is 185 Å². The van der Waals surface area contributed by atoms with Crippen molar-refractivity contribution in [1.29, 1.82) is 0 Å². The topological polar surface area (TPSA) is 69.4 Å². The van der Waals surface area contributed by atoms with E-state index in [4.69, 9.17) is 9.92 Å². The van der Waals surface area contributed by atoms with Crippen molar-refractivity contribution in [3.8, 4) is 0 Å². The molecule has 0 aliphatic carbocycles. The van der Waals surface area contributed by atoms with E-state index in [-0.39, 0.29) is 41.9 Å². The quantitative estimate of drug-likeness (QED) is 0.148. The van der Waals surface area contributed by atoms with Gasteiger partial charge in [-0.15, -0.1) is 0 Å². The second-order valence-electron chi connectivity index (χ2n) is 6.81. The molecule has 0 aliphatic rings. The average Bonchev–Trinajstić information content (AvgIpc) is 2.57. The molecule has 0 aromatic rings. The number of allylic oxidation sites excluding steroid dienone is 2. The first kappa shape index (κ1) is 28.8. The minimum absolute atomic E-state index is 0. The molecule has 0 amide bonds. The summed E-state index contributed by atoms with van der Waals surface area (Å²) in [7, 11) is -3.38. The van der Waals surface area contributed by atoms with E-state index in [2.05, 4.69) is 19.1 Å². The van der Waals surface area contributed by atoms with Gasteiger partial charge in [0.1, 0.15) is 0 Å². The fraction of sp³-hybridized carbons (Fsp3) is 0.900. The third-order valence-electron chi connectivity index (χ3n) is 4.29. The molecule has 0 unspecified atom stereocenters. The summed E-state index contributed by atoms with van der Waals surface area (Å²) >= 11 is 0. The number of hydrogen-bond donors (Lipinski definition) is 1. The van der Waals surface area contributed by atoms with Gasteiger partial charge in [-0.3, -0.25) is 4.18 Å². The molecular formula is C20H42NNaO3S. The van der Waals surface area contributed by atoms with Crippen LogP contribution < -0.4 is 5.73 Å². The molecule has 0 saturated carbocycles. The van der Waals surface area contributed by atoms with E-state index in [1.165, 1.54) is 70.6 Å². The molecule has 0 radical (unpaired) electrons. The van der Waals surface area contributed by atoms with Gasteiger partial charge in [-0.2, -0.15) is 8.42 Å². The molecule has 0 saturated heterocycles. The first-order valence-electron chi connectivity index (χ1n) is 10.3. The van der Waals surface area contributed by atoms with Crippen LogP contribution in [0.5, 0.6) is 0 Å². The van der Waals surface area contributed by atoms with Crippen molar-refractivity contribution in [2.24, 2.45) is 5.73 Å². The zero-order valence-electron chi connectivity index (χ0n) is 16.4. The molecular weight excluding hydrogens is 357 g/mol. The molecule has 0 atom stereocenters. The van der Waals surface area contributed by atoms with Crippen molar-refractivity contribution >= 4 is 39.7 Å². The summed E-state index contributed by atoms with van der Waals surface area (Å²) < 4.78 is 27.4. The minimum atomic E-state index is -3.38. The van der Waals surface area contributed by atoms with Crippen LogP contribution in [0.1, 0.15) is 96.8 Å². The van der Waals surface area contributed by atoms with Gasteiger partial charge in [-0.1, -0.05) is 76.9 Å². The summed E-state index contributed by atoms with van der Waals surface area (Å²) in [5.41, 5.74) is 5.22. The molecule has 0 fully saturated rings. The predicted molar refractivity (Wildman–Crippen MR) is 115 cm³/mol. The van der Waals surface area contributed by atoms with E-state index in [1.807, 2.05) is 0 Å². The summed E-state index contributed by atoms with van der Waals surface area (Å²) in [6.45, 7) is 2.67. The molecule has 0 rings (SSSR count). The molecule has 26 heavy (non-hydrogen) atoms. The normalized spacial score (nSPS) is 11.8. The molecule has 0 spiro atoms. The fourth-order valence-corrected chi connectivity index (χ4v) is 3.52. The number of unbranched alkanes of at least 4 members (excludes halogenated alkanes) is 12. The Balaban J connectivity index is 0. The molecule has 152 valence electrons. The van der Waals surface area contributed by atoms with Crippen molar-refractivity contribution in [2.75, 3.05) is 18.9 Å². The Morgan fingerprint density at radius 3 is 1.73 bits per heavy atom. The Kier molecular flexibility index (Phi) is 24.3. The van der Waals surface area contributed by atoms with Gasteiger partial charge >= 0.3 is 29.6 Å². The van der Waals surface area contributed by atoms with E-state index in [0.717, 1.165) is 19.3 Å². The summed E-state index contributed by atoms with van der Waals surface area (Å²) in [5, 5.41) is 0. The van der Waals surface area contributed by atoms with Crippen molar-refractivity contribution in [3.63, 3.8) is 0 Å². The van der Waals surface area contributed by atoms with Gasteiger partial charge in [0.05, 0.1) is 12.4 Å². The third-order valence-corrected chi connectivity index (χ3v) is 5.55. The summed E-state index contributed by atoms with van der Waals surface area (Å²) in [4.78, 5) is 0. The number of hydrogen-bond acceptors (Lipinski definition) is 4. The Hall–Kier alpha value is 0.610. The number of nitrogens with two attached hydrogens (primary N) is 1. The van der Waals surface area contributed by atoms with Gasteiger partial charge in [0, 0.05) is 6.54 Å². The SMILES string of the molecule is CCCCCCCC/C=C\CCCCCCCCOS(=O)(=O)CCN.[NaH]. The van der Waals surface area contributed by atoms with Gasteiger partial charge in [0.25, 0.3) is 10.1 Å². The van der Waals surface area contributed by atoms with Crippen molar-refractivity contribution < 1.29 is 12.6 Å². The second kappa shape index (κ2) is 21.9. The van der Waals surface area contributed by atoms with Gasteiger partial charge in [0.2, 0.25) is 0 Å². The van der Waals surface area contributed by atoms with Crippen LogP contribution >= 0.6 is 0 Å². The van der Waals surface area contributed by atoms with Crippen LogP contribution in [0.25, 0.3) is 0 Å². The van der Waals surface area contributed by atoms with Crippen LogP contribution in [0.15, 0.2) is 12.2 Å². The molecule has 0 heterocycles. The van der Waals surface area contributed by atoms with Gasteiger partial charge < -0.3 is 5.73 Å². The van der Waals surface area contributed by atoms with Crippen LogP contribution in [0.4, 0.5) is 0 Å². The van der Waals surface area contributed by atoms with Crippen molar-refractivity contribution in [3.05, 3.63) is 12.2 Å². The van der Waals surface area contributed by atoms with E-state index in [1.54, 1.807) is 0 Å². The van der Waals surface area contributed by atoms with Gasteiger partial charge in [0.15, 0.2) is 0 Å². The molecule has 4 nitrogen and oxygen atoms in total. The molecule has 0 bridgehead atoms. The van der Waals surface area contributed by atoms with Crippen LogP contribution in [-0.2, 0) is 14.3 Å². The maximum atomic E-state index is 11.3. The third kappa shape index (κ3) is 22.7. The average molecular weight is 400 g/mol. The molecule has 0 aromatic heterocycles. The van der Waals surface area contributed by atoms with Crippen molar-refractivity contribution in [2.45, 2.75) is 96.8 Å². The fourth-order valence-electron chi connectivity index (χ4n) is 2.74. The molecule has 0 aromatic carbocycles. The van der Waals surface area contributed by atoms with E-state index >= 15 is 0 Å². The van der Waals surface area contributed by atoms with Gasteiger partial charge in [-0.25, -0.2) is 0 Å². The van der Waals surface area contributed by atoms with Crippen LogP contribution in [0, 0.1) is 0 Å². The van der Waals surface area contributed by atoms with E-state index in [0.29, 0.717) is 6.61 Å². The first-order valence-corrected chi connectivity index (χ1v) is 11.9. The van der Waals surface area contributed by atoms with E-state index in [9.17, 15) is 8.42 Å². The summed E-state index contributed by atoms with van der Waals surface area (Å²) in [6, 6.07) is 0. The molecule has 6 heteroatoms. The van der Waals surface area contributed by atoms with Crippen LogP contribution in [0.2, 0.25) is 0 Å². The Morgan fingerprint density at radius 2 is 1.23 bits per heavy atom. The summed E-state index contributed by atoms with van der Waals surface area (Å²) in [6.07, 6.45) is 22.1. The predicted octanol–water partition coefficient (Wildman–Crippen LogP) is 4.68. The van der Waals surface area contributed by atoms with Gasteiger partial charge in [-0.05, 0) is 32.1 Å².